The molecule has 1 saturated carbocycles. The zero-order chi connectivity index (χ0) is 12.4. The van der Waals surface area contributed by atoms with Crippen molar-refractivity contribution in [3.63, 3.8) is 0 Å². The highest BCUT2D eigenvalue weighted by Gasteiger charge is 2.33. The Labute approximate surface area is 116 Å². The molecule has 1 saturated heterocycles. The quantitative estimate of drug-likeness (QED) is 0.920. The largest absolute Gasteiger partial charge is 0.339 e. The lowest BCUT2D eigenvalue weighted by Gasteiger charge is -2.17. The maximum atomic E-state index is 5.51. The first kappa shape index (κ1) is 12.8. The van der Waals surface area contributed by atoms with Gasteiger partial charge in [-0.15, -0.1) is 11.8 Å². The highest BCUT2D eigenvalue weighted by molar-refractivity contribution is 8.06. The van der Waals surface area contributed by atoms with E-state index in [4.69, 9.17) is 4.52 Å². The van der Waals surface area contributed by atoms with Crippen molar-refractivity contribution in [2.75, 3.05) is 24.3 Å². The topological polar surface area (TPSA) is 51.0 Å². The molecular weight excluding hydrogens is 266 g/mol. The van der Waals surface area contributed by atoms with Gasteiger partial charge in [0, 0.05) is 23.3 Å². The minimum absolute atomic E-state index is 0.414. The van der Waals surface area contributed by atoms with E-state index in [1.165, 1.54) is 30.8 Å². The number of nitrogens with zero attached hydrogens (tertiary/aromatic N) is 2. The molecule has 6 heteroatoms. The first-order valence-corrected chi connectivity index (χ1v) is 8.79. The Hall–Kier alpha value is -0.200. The molecule has 1 aliphatic carbocycles. The van der Waals surface area contributed by atoms with Gasteiger partial charge in [-0.1, -0.05) is 11.6 Å². The molecule has 4 nitrogen and oxygen atoms in total. The van der Waals surface area contributed by atoms with Crippen molar-refractivity contribution < 1.29 is 4.52 Å². The van der Waals surface area contributed by atoms with Gasteiger partial charge in [0.1, 0.15) is 0 Å². The molecule has 0 aromatic carbocycles. The summed E-state index contributed by atoms with van der Waals surface area (Å²) in [6.45, 7) is 0. The average Bonchev–Trinajstić information content (AvgIpc) is 3.08. The second kappa shape index (κ2) is 5.84. The van der Waals surface area contributed by atoms with Gasteiger partial charge in [-0.05, 0) is 19.9 Å². The molecule has 0 amide bonds. The normalized spacial score (nSPS) is 32.8. The zero-order valence-corrected chi connectivity index (χ0v) is 12.2. The summed E-state index contributed by atoms with van der Waals surface area (Å²) in [5.41, 5.74) is 0. The average molecular weight is 285 g/mol. The monoisotopic (exact) mass is 285 g/mol. The van der Waals surface area contributed by atoms with Crippen LogP contribution in [-0.4, -0.2) is 40.5 Å². The number of hydrogen-bond acceptors (Lipinski definition) is 6. The van der Waals surface area contributed by atoms with Crippen LogP contribution in [-0.2, 0) is 0 Å². The van der Waals surface area contributed by atoms with Gasteiger partial charge in [0.25, 0.3) is 0 Å². The van der Waals surface area contributed by atoms with E-state index in [9.17, 15) is 0 Å². The predicted molar refractivity (Wildman–Crippen MR) is 76.3 cm³/mol. The van der Waals surface area contributed by atoms with Crippen LogP contribution in [0.15, 0.2) is 4.52 Å². The molecule has 0 bridgehead atoms. The maximum Gasteiger partial charge on any atom is 0.231 e. The standard InChI is InChI=1S/C12H19N3OS2/c1-13-9-4-2-3-8(9)12-14-11(15-16-12)10-7-17-5-6-18-10/h8-10,13H,2-7H2,1H3. The van der Waals surface area contributed by atoms with Crippen LogP contribution in [0.25, 0.3) is 0 Å². The van der Waals surface area contributed by atoms with Gasteiger partial charge in [0.2, 0.25) is 5.89 Å². The number of thioether (sulfide) groups is 2. The molecule has 1 N–H and O–H groups in total. The smallest absolute Gasteiger partial charge is 0.231 e. The second-order valence-electron chi connectivity index (χ2n) is 4.86. The molecule has 0 spiro atoms. The molecule has 2 heterocycles. The molecule has 100 valence electrons. The zero-order valence-electron chi connectivity index (χ0n) is 10.6. The highest BCUT2D eigenvalue weighted by Crippen LogP contribution is 2.38. The van der Waals surface area contributed by atoms with Crippen molar-refractivity contribution in [1.29, 1.82) is 0 Å². The van der Waals surface area contributed by atoms with Gasteiger partial charge >= 0.3 is 0 Å². The summed E-state index contributed by atoms with van der Waals surface area (Å²) in [6, 6.07) is 0.506. The van der Waals surface area contributed by atoms with Crippen molar-refractivity contribution in [3.05, 3.63) is 11.7 Å². The molecule has 1 aromatic rings. The molecular formula is C12H19N3OS2. The molecule has 18 heavy (non-hydrogen) atoms. The fraction of sp³-hybridized carbons (Fsp3) is 0.833. The number of rotatable bonds is 3. The number of likely N-dealkylation sites (N-methyl/N-ethyl adjacent to an activating group) is 1. The summed E-state index contributed by atoms with van der Waals surface area (Å²) >= 11 is 3.95. The first-order valence-electron chi connectivity index (χ1n) is 6.58. The van der Waals surface area contributed by atoms with Gasteiger partial charge in [0.15, 0.2) is 5.82 Å². The van der Waals surface area contributed by atoms with Crippen LogP contribution in [0.5, 0.6) is 0 Å². The van der Waals surface area contributed by atoms with Crippen LogP contribution < -0.4 is 5.32 Å². The van der Waals surface area contributed by atoms with E-state index in [1.807, 2.05) is 30.6 Å². The first-order chi connectivity index (χ1) is 8.88. The Morgan fingerprint density at radius 2 is 2.28 bits per heavy atom. The molecule has 0 radical (unpaired) electrons. The summed E-state index contributed by atoms with van der Waals surface area (Å²) in [4.78, 5) is 4.66. The van der Waals surface area contributed by atoms with Crippen molar-refractivity contribution >= 4 is 23.5 Å². The van der Waals surface area contributed by atoms with E-state index in [1.54, 1.807) is 0 Å². The summed E-state index contributed by atoms with van der Waals surface area (Å²) in [7, 11) is 2.02. The van der Waals surface area contributed by atoms with E-state index < -0.39 is 0 Å². The summed E-state index contributed by atoms with van der Waals surface area (Å²) in [5.74, 6) is 5.72. The van der Waals surface area contributed by atoms with E-state index >= 15 is 0 Å². The van der Waals surface area contributed by atoms with Crippen LogP contribution in [0, 0.1) is 0 Å². The highest BCUT2D eigenvalue weighted by atomic mass is 32.2. The molecule has 3 atom stereocenters. The maximum absolute atomic E-state index is 5.51. The van der Waals surface area contributed by atoms with Crippen molar-refractivity contribution in [2.24, 2.45) is 0 Å². The van der Waals surface area contributed by atoms with Crippen molar-refractivity contribution in [3.8, 4) is 0 Å². The predicted octanol–water partition coefficient (Wildman–Crippen LogP) is 2.45. The minimum Gasteiger partial charge on any atom is -0.339 e. The van der Waals surface area contributed by atoms with Crippen LogP contribution in [0.2, 0.25) is 0 Å². The molecule has 1 aromatic heterocycles. The molecule has 1 aliphatic heterocycles. The molecule has 3 rings (SSSR count). The summed E-state index contributed by atoms with van der Waals surface area (Å²) in [6.07, 6.45) is 3.63. The van der Waals surface area contributed by atoms with Crippen molar-refractivity contribution in [2.45, 2.75) is 36.5 Å². The fourth-order valence-corrected chi connectivity index (χ4v) is 5.36. The van der Waals surface area contributed by atoms with Gasteiger partial charge in [-0.3, -0.25) is 0 Å². The lowest BCUT2D eigenvalue weighted by Crippen LogP contribution is -2.27. The van der Waals surface area contributed by atoms with Crippen LogP contribution >= 0.6 is 23.5 Å². The van der Waals surface area contributed by atoms with Gasteiger partial charge < -0.3 is 9.84 Å². The lowest BCUT2D eigenvalue weighted by molar-refractivity contribution is 0.332. The van der Waals surface area contributed by atoms with Crippen molar-refractivity contribution in [1.82, 2.24) is 15.5 Å². The third-order valence-electron chi connectivity index (χ3n) is 3.77. The summed E-state index contributed by atoms with van der Waals surface area (Å²) in [5, 5.41) is 8.00. The number of nitrogens with one attached hydrogen (secondary N) is 1. The van der Waals surface area contributed by atoms with E-state index in [0.717, 1.165) is 17.5 Å². The molecule has 3 unspecified atom stereocenters. The van der Waals surface area contributed by atoms with Gasteiger partial charge in [-0.25, -0.2) is 0 Å². The molecule has 2 fully saturated rings. The molecule has 2 aliphatic rings. The van der Waals surface area contributed by atoms with E-state index in [2.05, 4.69) is 15.5 Å². The SMILES string of the molecule is CNC1CCCC1c1nc(C2CSCCS2)no1. The van der Waals surface area contributed by atoms with Gasteiger partial charge in [-0.2, -0.15) is 16.7 Å². The Kier molecular flexibility index (Phi) is 4.16. The van der Waals surface area contributed by atoms with Crippen LogP contribution in [0.4, 0.5) is 0 Å². The Morgan fingerprint density at radius 3 is 3.06 bits per heavy atom. The lowest BCUT2D eigenvalue weighted by atomic mass is 10.0. The van der Waals surface area contributed by atoms with Crippen LogP contribution in [0.3, 0.4) is 0 Å². The summed E-state index contributed by atoms with van der Waals surface area (Å²) < 4.78 is 5.51. The van der Waals surface area contributed by atoms with E-state index in [-0.39, 0.29) is 0 Å². The van der Waals surface area contributed by atoms with Gasteiger partial charge in [0.05, 0.1) is 11.2 Å². The minimum atomic E-state index is 0.414. The van der Waals surface area contributed by atoms with Crippen LogP contribution in [0.1, 0.15) is 42.1 Å². The number of hydrogen-bond donors (Lipinski definition) is 1. The number of aromatic nitrogens is 2. The Balaban J connectivity index is 1.72. The third-order valence-corrected chi connectivity index (χ3v) is 6.52. The third kappa shape index (κ3) is 2.56. The van der Waals surface area contributed by atoms with E-state index in [0.29, 0.717) is 17.2 Å². The Bertz CT molecular complexity index is 392. The Morgan fingerprint density at radius 1 is 1.33 bits per heavy atom. The second-order valence-corrected chi connectivity index (χ2v) is 7.32. The fourth-order valence-electron chi connectivity index (χ4n) is 2.77.